The number of hydrogen-bond donors (Lipinski definition) is 1. The van der Waals surface area contributed by atoms with Crippen LogP contribution in [0.2, 0.25) is 0 Å². The standard InChI is InChI=1S/C20H17F3N2O4/c21-20(22,23)13-2-1-3-14(9-13)25-7-6-15(19(25)27)18(26)24-10-12-4-5-16-17(8-12)29-11-28-16/h1-5,8-9,15H,6-7,10-11H2,(H,24,26). The van der Waals surface area contributed by atoms with Crippen molar-refractivity contribution in [2.75, 3.05) is 18.2 Å². The van der Waals surface area contributed by atoms with Gasteiger partial charge in [0.05, 0.1) is 5.56 Å². The molecule has 1 saturated heterocycles. The molecule has 0 aromatic heterocycles. The molecule has 1 fully saturated rings. The van der Waals surface area contributed by atoms with E-state index in [0.717, 1.165) is 17.7 Å². The number of hydrogen-bond acceptors (Lipinski definition) is 4. The first-order valence-electron chi connectivity index (χ1n) is 8.98. The zero-order chi connectivity index (χ0) is 20.6. The third-order valence-corrected chi connectivity index (χ3v) is 4.91. The number of nitrogens with one attached hydrogen (secondary N) is 1. The van der Waals surface area contributed by atoms with E-state index in [2.05, 4.69) is 5.32 Å². The zero-order valence-electron chi connectivity index (χ0n) is 15.2. The van der Waals surface area contributed by atoms with E-state index in [1.165, 1.54) is 17.0 Å². The van der Waals surface area contributed by atoms with E-state index in [1.54, 1.807) is 18.2 Å². The van der Waals surface area contributed by atoms with Crippen LogP contribution in [0, 0.1) is 5.92 Å². The van der Waals surface area contributed by atoms with Crippen molar-refractivity contribution in [3.8, 4) is 11.5 Å². The lowest BCUT2D eigenvalue weighted by Crippen LogP contribution is -2.36. The van der Waals surface area contributed by atoms with Gasteiger partial charge in [-0.3, -0.25) is 9.59 Å². The van der Waals surface area contributed by atoms with Gasteiger partial charge in [-0.15, -0.1) is 0 Å². The molecule has 0 radical (unpaired) electrons. The molecule has 2 aromatic rings. The molecule has 2 heterocycles. The van der Waals surface area contributed by atoms with Gasteiger partial charge in [-0.1, -0.05) is 12.1 Å². The lowest BCUT2D eigenvalue weighted by atomic mass is 10.1. The van der Waals surface area contributed by atoms with Crippen LogP contribution in [0.25, 0.3) is 0 Å². The summed E-state index contributed by atoms with van der Waals surface area (Å²) in [5.74, 6) is -0.680. The minimum Gasteiger partial charge on any atom is -0.454 e. The smallest absolute Gasteiger partial charge is 0.416 e. The molecule has 2 aliphatic heterocycles. The third-order valence-electron chi connectivity index (χ3n) is 4.91. The number of amides is 2. The van der Waals surface area contributed by atoms with E-state index in [9.17, 15) is 22.8 Å². The molecule has 4 rings (SSSR count). The SMILES string of the molecule is O=C(NCc1ccc2c(c1)OCO2)C1CCN(c2cccc(C(F)(F)F)c2)C1=O. The van der Waals surface area contributed by atoms with Gasteiger partial charge in [0, 0.05) is 18.8 Å². The summed E-state index contributed by atoms with van der Waals surface area (Å²) >= 11 is 0. The summed E-state index contributed by atoms with van der Waals surface area (Å²) in [5, 5.41) is 2.71. The van der Waals surface area contributed by atoms with Gasteiger partial charge in [-0.2, -0.15) is 13.2 Å². The third kappa shape index (κ3) is 3.85. The fraction of sp³-hybridized carbons (Fsp3) is 0.300. The summed E-state index contributed by atoms with van der Waals surface area (Å²) in [6.07, 6.45) is -4.26. The number of carbonyl (C=O) groups is 2. The zero-order valence-corrected chi connectivity index (χ0v) is 15.2. The summed E-state index contributed by atoms with van der Waals surface area (Å²) in [6.45, 7) is 0.526. The largest absolute Gasteiger partial charge is 0.454 e. The summed E-state index contributed by atoms with van der Waals surface area (Å²) in [5.41, 5.74) is 0.0807. The molecule has 0 saturated carbocycles. The lowest BCUT2D eigenvalue weighted by Gasteiger charge is -2.18. The number of carbonyl (C=O) groups excluding carboxylic acids is 2. The molecule has 29 heavy (non-hydrogen) atoms. The molecule has 0 bridgehead atoms. The van der Waals surface area contributed by atoms with E-state index in [1.807, 2.05) is 0 Å². The van der Waals surface area contributed by atoms with Crippen LogP contribution in [0.3, 0.4) is 0 Å². The van der Waals surface area contributed by atoms with Crippen LogP contribution in [0.4, 0.5) is 18.9 Å². The maximum atomic E-state index is 12.9. The number of benzene rings is 2. The first kappa shape index (κ1) is 19.1. The van der Waals surface area contributed by atoms with Crippen molar-refractivity contribution < 1.29 is 32.2 Å². The van der Waals surface area contributed by atoms with Gasteiger partial charge in [0.25, 0.3) is 0 Å². The Morgan fingerprint density at radius 2 is 1.93 bits per heavy atom. The quantitative estimate of drug-likeness (QED) is 0.793. The van der Waals surface area contributed by atoms with E-state index in [0.29, 0.717) is 11.5 Å². The van der Waals surface area contributed by atoms with Gasteiger partial charge < -0.3 is 19.7 Å². The minimum atomic E-state index is -4.50. The Bertz CT molecular complexity index is 961. The molecule has 2 amide bonds. The predicted molar refractivity (Wildman–Crippen MR) is 96.3 cm³/mol. The van der Waals surface area contributed by atoms with E-state index >= 15 is 0 Å². The van der Waals surface area contributed by atoms with Crippen molar-refractivity contribution in [1.29, 1.82) is 0 Å². The number of ether oxygens (including phenoxy) is 2. The molecule has 1 atom stereocenters. The number of nitrogens with zero attached hydrogens (tertiary/aromatic N) is 1. The molecule has 0 aliphatic carbocycles. The molecular weight excluding hydrogens is 389 g/mol. The normalized spacial score (nSPS) is 18.2. The Kier molecular flexibility index (Phi) is 4.81. The highest BCUT2D eigenvalue weighted by atomic mass is 19.4. The summed E-state index contributed by atoms with van der Waals surface area (Å²) in [7, 11) is 0. The van der Waals surface area contributed by atoms with Gasteiger partial charge in [0.2, 0.25) is 18.6 Å². The van der Waals surface area contributed by atoms with Gasteiger partial charge in [-0.25, -0.2) is 0 Å². The second kappa shape index (κ2) is 7.31. The number of rotatable bonds is 4. The molecule has 152 valence electrons. The van der Waals surface area contributed by atoms with Gasteiger partial charge in [0.1, 0.15) is 5.92 Å². The van der Waals surface area contributed by atoms with Crippen LogP contribution in [0.1, 0.15) is 17.5 Å². The van der Waals surface area contributed by atoms with Crippen molar-refractivity contribution in [1.82, 2.24) is 5.32 Å². The van der Waals surface area contributed by atoms with Crippen molar-refractivity contribution in [2.45, 2.75) is 19.1 Å². The van der Waals surface area contributed by atoms with Crippen molar-refractivity contribution in [3.63, 3.8) is 0 Å². The van der Waals surface area contributed by atoms with Crippen LogP contribution in [0.15, 0.2) is 42.5 Å². The monoisotopic (exact) mass is 406 g/mol. The topological polar surface area (TPSA) is 67.9 Å². The summed E-state index contributed by atoms with van der Waals surface area (Å²) in [4.78, 5) is 26.3. The molecule has 0 spiro atoms. The Morgan fingerprint density at radius 3 is 2.72 bits per heavy atom. The highest BCUT2D eigenvalue weighted by Crippen LogP contribution is 2.34. The number of alkyl halides is 3. The Hall–Kier alpha value is -3.23. The van der Waals surface area contributed by atoms with Crippen LogP contribution in [-0.4, -0.2) is 25.2 Å². The Balaban J connectivity index is 1.40. The van der Waals surface area contributed by atoms with E-state index in [-0.39, 0.29) is 32.0 Å². The molecule has 1 unspecified atom stereocenters. The first-order valence-corrected chi connectivity index (χ1v) is 8.98. The van der Waals surface area contributed by atoms with Crippen LogP contribution in [0.5, 0.6) is 11.5 Å². The van der Waals surface area contributed by atoms with Crippen molar-refractivity contribution in [2.24, 2.45) is 5.92 Å². The number of fused-ring (bicyclic) bond motifs is 1. The maximum Gasteiger partial charge on any atom is 0.416 e. The summed E-state index contributed by atoms with van der Waals surface area (Å²) in [6, 6.07) is 9.80. The van der Waals surface area contributed by atoms with Gasteiger partial charge in [0.15, 0.2) is 11.5 Å². The first-order chi connectivity index (χ1) is 13.8. The van der Waals surface area contributed by atoms with E-state index in [4.69, 9.17) is 9.47 Å². The van der Waals surface area contributed by atoms with E-state index < -0.39 is 29.5 Å². The van der Waals surface area contributed by atoms with Gasteiger partial charge >= 0.3 is 6.18 Å². The molecular formula is C20H17F3N2O4. The Morgan fingerprint density at radius 1 is 1.14 bits per heavy atom. The predicted octanol–water partition coefficient (Wildman–Crippen LogP) is 3.10. The maximum absolute atomic E-state index is 12.9. The van der Waals surface area contributed by atoms with Crippen LogP contribution in [-0.2, 0) is 22.3 Å². The molecule has 2 aromatic carbocycles. The van der Waals surface area contributed by atoms with Crippen LogP contribution < -0.4 is 19.7 Å². The minimum absolute atomic E-state index is 0.135. The molecule has 6 nitrogen and oxygen atoms in total. The lowest BCUT2D eigenvalue weighted by molar-refractivity contribution is -0.138. The summed E-state index contributed by atoms with van der Waals surface area (Å²) < 4.78 is 49.3. The molecule has 9 heteroatoms. The number of halogens is 3. The fourth-order valence-corrected chi connectivity index (χ4v) is 3.39. The second-order valence-electron chi connectivity index (χ2n) is 6.78. The Labute approximate surface area is 164 Å². The van der Waals surface area contributed by atoms with Crippen molar-refractivity contribution >= 4 is 17.5 Å². The van der Waals surface area contributed by atoms with Crippen LogP contribution >= 0.6 is 0 Å². The number of anilines is 1. The van der Waals surface area contributed by atoms with Gasteiger partial charge in [-0.05, 0) is 42.3 Å². The van der Waals surface area contributed by atoms with Crippen molar-refractivity contribution in [3.05, 3.63) is 53.6 Å². The fourth-order valence-electron chi connectivity index (χ4n) is 3.39. The highest BCUT2D eigenvalue weighted by molar-refractivity contribution is 6.09. The molecule has 2 aliphatic rings. The highest BCUT2D eigenvalue weighted by Gasteiger charge is 2.38. The average molecular weight is 406 g/mol. The second-order valence-corrected chi connectivity index (χ2v) is 6.78. The average Bonchev–Trinajstić information content (AvgIpc) is 3.31. The molecule has 1 N–H and O–H groups in total.